The summed E-state index contributed by atoms with van der Waals surface area (Å²) in [6, 6.07) is 0. The Labute approximate surface area is 184 Å². The molecular formula is C29H52. The first-order chi connectivity index (χ1) is 14.5. The average molecular weight is 401 g/mol. The topological polar surface area (TPSA) is 0 Å². The lowest BCUT2D eigenvalue weighted by Crippen LogP contribution is -1.84. The Morgan fingerprint density at radius 1 is 0.207 bits per heavy atom. The highest BCUT2D eigenvalue weighted by molar-refractivity contribution is 5.10. The summed E-state index contributed by atoms with van der Waals surface area (Å²) in [6.07, 6.45) is 46.5. The number of hydrogen-bond acceptors (Lipinski definition) is 0. The van der Waals surface area contributed by atoms with Crippen molar-refractivity contribution < 1.29 is 0 Å². The molecule has 168 valence electrons. The summed E-state index contributed by atoms with van der Waals surface area (Å²) in [6.45, 7) is 0. The van der Waals surface area contributed by atoms with Crippen molar-refractivity contribution in [1.29, 1.82) is 0 Å². The monoisotopic (exact) mass is 400 g/mol. The molecule has 0 aromatic carbocycles. The molecule has 0 atom stereocenters. The number of rotatable bonds is 0. The molecule has 29 heavy (non-hydrogen) atoms. The molecule has 0 N–H and O–H groups in total. The summed E-state index contributed by atoms with van der Waals surface area (Å²) >= 11 is 0. The van der Waals surface area contributed by atoms with Crippen molar-refractivity contribution in [3.8, 4) is 0 Å². The molecule has 0 spiro atoms. The second-order valence-corrected chi connectivity index (χ2v) is 9.24. The molecule has 0 heteroatoms. The van der Waals surface area contributed by atoms with Gasteiger partial charge in [-0.1, -0.05) is 158 Å². The van der Waals surface area contributed by atoms with E-state index < -0.39 is 0 Å². The van der Waals surface area contributed by atoms with E-state index in [-0.39, 0.29) is 0 Å². The van der Waals surface area contributed by atoms with Crippen LogP contribution < -0.4 is 0 Å². The van der Waals surface area contributed by atoms with Crippen molar-refractivity contribution in [2.75, 3.05) is 0 Å². The SMILES string of the molecule is C1=CC=CCCCCCCCCCCCCCCCCCCCCCCCC=C1. The first kappa shape index (κ1) is 26.3. The molecule has 0 aliphatic heterocycles. The Kier molecular flexibility index (Phi) is 21.3. The summed E-state index contributed by atoms with van der Waals surface area (Å²) in [7, 11) is 0. The zero-order chi connectivity index (χ0) is 20.5. The predicted octanol–water partition coefficient (Wildman–Crippen LogP) is 10.6. The first-order valence-electron chi connectivity index (χ1n) is 13.5. The van der Waals surface area contributed by atoms with Gasteiger partial charge in [0.05, 0.1) is 0 Å². The van der Waals surface area contributed by atoms with Crippen LogP contribution in [-0.4, -0.2) is 0 Å². The summed E-state index contributed by atoms with van der Waals surface area (Å²) in [5, 5.41) is 0. The van der Waals surface area contributed by atoms with Gasteiger partial charge >= 0.3 is 0 Å². The van der Waals surface area contributed by atoms with E-state index in [1.165, 1.54) is 148 Å². The van der Waals surface area contributed by atoms with Crippen LogP contribution in [0.1, 0.15) is 148 Å². The van der Waals surface area contributed by atoms with Gasteiger partial charge in [0, 0.05) is 0 Å². The Balaban J connectivity index is 2.12. The molecule has 0 radical (unpaired) electrons. The van der Waals surface area contributed by atoms with E-state index in [1.54, 1.807) is 0 Å². The first-order valence-corrected chi connectivity index (χ1v) is 13.5. The molecule has 1 rings (SSSR count). The fourth-order valence-electron chi connectivity index (χ4n) is 4.36. The third-order valence-corrected chi connectivity index (χ3v) is 6.35. The third kappa shape index (κ3) is 21.7. The van der Waals surface area contributed by atoms with Gasteiger partial charge in [0.2, 0.25) is 0 Å². The lowest BCUT2D eigenvalue weighted by Gasteiger charge is -2.04. The minimum Gasteiger partial charge on any atom is -0.0845 e. The van der Waals surface area contributed by atoms with Crippen LogP contribution in [0.5, 0.6) is 0 Å². The van der Waals surface area contributed by atoms with Gasteiger partial charge in [-0.15, -0.1) is 0 Å². The minimum atomic E-state index is 1.24. The largest absolute Gasteiger partial charge is 0.0845 e. The zero-order valence-electron chi connectivity index (χ0n) is 19.7. The van der Waals surface area contributed by atoms with Crippen molar-refractivity contribution in [1.82, 2.24) is 0 Å². The molecule has 0 nitrogen and oxygen atoms in total. The Hall–Kier alpha value is -0.780. The maximum atomic E-state index is 2.33. The van der Waals surface area contributed by atoms with Crippen LogP contribution in [0, 0.1) is 0 Å². The molecular weight excluding hydrogens is 348 g/mol. The van der Waals surface area contributed by atoms with Crippen LogP contribution in [0.2, 0.25) is 0 Å². The van der Waals surface area contributed by atoms with Crippen LogP contribution >= 0.6 is 0 Å². The van der Waals surface area contributed by atoms with Crippen molar-refractivity contribution in [2.45, 2.75) is 148 Å². The maximum absolute atomic E-state index is 2.33. The smallest absolute Gasteiger partial charge is 0.0348 e. The molecule has 0 bridgehead atoms. The van der Waals surface area contributed by atoms with Gasteiger partial charge in [-0.05, 0) is 25.7 Å². The second-order valence-electron chi connectivity index (χ2n) is 9.24. The van der Waals surface area contributed by atoms with Crippen LogP contribution in [0.25, 0.3) is 0 Å². The summed E-state index contributed by atoms with van der Waals surface area (Å²) in [5.74, 6) is 0. The molecule has 0 fully saturated rings. The van der Waals surface area contributed by atoms with Gasteiger partial charge in [-0.3, -0.25) is 0 Å². The van der Waals surface area contributed by atoms with Crippen molar-refractivity contribution >= 4 is 0 Å². The molecule has 0 heterocycles. The molecule has 1 aliphatic rings. The Morgan fingerprint density at radius 2 is 0.414 bits per heavy atom. The van der Waals surface area contributed by atoms with Gasteiger partial charge in [-0.25, -0.2) is 0 Å². The van der Waals surface area contributed by atoms with Crippen LogP contribution in [0.15, 0.2) is 36.5 Å². The number of hydrogen-bond donors (Lipinski definition) is 0. The van der Waals surface area contributed by atoms with Gasteiger partial charge in [0.1, 0.15) is 0 Å². The van der Waals surface area contributed by atoms with E-state index >= 15 is 0 Å². The van der Waals surface area contributed by atoms with E-state index in [4.69, 9.17) is 0 Å². The van der Waals surface area contributed by atoms with E-state index in [1.807, 2.05) is 0 Å². The zero-order valence-corrected chi connectivity index (χ0v) is 19.7. The summed E-state index contributed by atoms with van der Waals surface area (Å²) < 4.78 is 0. The lowest BCUT2D eigenvalue weighted by molar-refractivity contribution is 0.520. The van der Waals surface area contributed by atoms with Crippen molar-refractivity contribution in [3.05, 3.63) is 36.5 Å². The van der Waals surface area contributed by atoms with Crippen LogP contribution in [0.3, 0.4) is 0 Å². The van der Waals surface area contributed by atoms with Gasteiger partial charge in [0.15, 0.2) is 0 Å². The second kappa shape index (κ2) is 23.5. The Morgan fingerprint density at radius 3 is 0.655 bits per heavy atom. The lowest BCUT2D eigenvalue weighted by atomic mass is 10.0. The fourth-order valence-corrected chi connectivity index (χ4v) is 4.36. The molecule has 0 unspecified atom stereocenters. The van der Waals surface area contributed by atoms with Gasteiger partial charge < -0.3 is 0 Å². The maximum Gasteiger partial charge on any atom is -0.0348 e. The normalized spacial score (nSPS) is 22.3. The predicted molar refractivity (Wildman–Crippen MR) is 134 cm³/mol. The van der Waals surface area contributed by atoms with E-state index in [0.717, 1.165) is 0 Å². The fraction of sp³-hybridized carbons (Fsp3) is 0.793. The third-order valence-electron chi connectivity index (χ3n) is 6.35. The standard InChI is InChI=1S/C29H52/c1-2-4-6-8-10-12-14-16-18-20-22-24-26-28-29-27-25-23-21-19-17-15-13-11-9-7-5-3-1/h1-6H,7-29H2. The quantitative estimate of drug-likeness (QED) is 0.379. The average Bonchev–Trinajstić information content (AvgIpc) is 2.73. The van der Waals surface area contributed by atoms with E-state index in [9.17, 15) is 0 Å². The van der Waals surface area contributed by atoms with Gasteiger partial charge in [0.25, 0.3) is 0 Å². The molecule has 0 aromatic heterocycles. The molecule has 0 saturated heterocycles. The van der Waals surface area contributed by atoms with Crippen molar-refractivity contribution in [2.24, 2.45) is 0 Å². The summed E-state index contributed by atoms with van der Waals surface area (Å²) in [5.41, 5.74) is 0. The molecule has 0 saturated carbocycles. The molecule has 1 aliphatic carbocycles. The van der Waals surface area contributed by atoms with Gasteiger partial charge in [-0.2, -0.15) is 0 Å². The highest BCUT2D eigenvalue weighted by atomic mass is 14.0. The van der Waals surface area contributed by atoms with Crippen molar-refractivity contribution in [3.63, 3.8) is 0 Å². The molecule has 0 amide bonds. The van der Waals surface area contributed by atoms with Crippen LogP contribution in [-0.2, 0) is 0 Å². The highest BCUT2D eigenvalue weighted by Crippen LogP contribution is 2.15. The highest BCUT2D eigenvalue weighted by Gasteiger charge is 1.95. The summed E-state index contributed by atoms with van der Waals surface area (Å²) in [4.78, 5) is 0. The van der Waals surface area contributed by atoms with E-state index in [2.05, 4.69) is 36.5 Å². The Bertz CT molecular complexity index is 351. The van der Waals surface area contributed by atoms with Crippen LogP contribution in [0.4, 0.5) is 0 Å². The minimum absolute atomic E-state index is 1.24. The van der Waals surface area contributed by atoms with E-state index in [0.29, 0.717) is 0 Å². The molecule has 0 aromatic rings. The number of allylic oxidation sites excluding steroid dienone is 6.